The van der Waals surface area contributed by atoms with Crippen LogP contribution in [0.4, 0.5) is 10.3 Å². The first-order valence-electron chi connectivity index (χ1n) is 11.4. The van der Waals surface area contributed by atoms with E-state index in [1.807, 2.05) is 6.92 Å². The van der Waals surface area contributed by atoms with E-state index in [2.05, 4.69) is 25.2 Å². The number of rotatable bonds is 8. The standard InChI is InChI=1S/C25H27FN6O4/c1-14-23-20(31-25(27)28-14)13-19(30-24(23)32-36-11-5-8-22(33)35-3)16-10-9-15(26)12-17(16)18-6-4-7-21(29-18)34-2/h4,6-7,9-10,12,19H,5,8,11,13H2,1-3H3,(H,30,32)(H2,27,28,31). The summed E-state index contributed by atoms with van der Waals surface area (Å²) in [6.07, 6.45) is 1.11. The molecule has 188 valence electrons. The zero-order valence-corrected chi connectivity index (χ0v) is 20.2. The van der Waals surface area contributed by atoms with Crippen LogP contribution in [0.25, 0.3) is 11.3 Å². The number of hydroxylamine groups is 1. The Labute approximate surface area is 207 Å². The van der Waals surface area contributed by atoms with Gasteiger partial charge in [0.15, 0.2) is 5.84 Å². The quantitative estimate of drug-likeness (QED) is 0.275. The molecular weight excluding hydrogens is 467 g/mol. The molecule has 3 heterocycles. The fourth-order valence-electron chi connectivity index (χ4n) is 4.05. The maximum atomic E-state index is 14.3. The van der Waals surface area contributed by atoms with Crippen LogP contribution in [-0.2, 0) is 20.8 Å². The Morgan fingerprint density at radius 2 is 2.03 bits per heavy atom. The van der Waals surface area contributed by atoms with E-state index in [0.29, 0.717) is 52.8 Å². The van der Waals surface area contributed by atoms with Gasteiger partial charge in [0.1, 0.15) is 5.82 Å². The lowest BCUT2D eigenvalue weighted by molar-refractivity contribution is -0.141. The summed E-state index contributed by atoms with van der Waals surface area (Å²) in [6, 6.07) is 9.38. The Morgan fingerprint density at radius 1 is 1.19 bits per heavy atom. The van der Waals surface area contributed by atoms with Gasteiger partial charge in [-0.25, -0.2) is 24.8 Å². The topological polar surface area (TPSA) is 134 Å². The third kappa shape index (κ3) is 5.57. The number of halogens is 1. The number of pyridine rings is 1. The van der Waals surface area contributed by atoms with Crippen molar-refractivity contribution in [2.24, 2.45) is 4.99 Å². The highest BCUT2D eigenvalue weighted by Crippen LogP contribution is 2.36. The number of hydrogen-bond acceptors (Lipinski definition) is 10. The summed E-state index contributed by atoms with van der Waals surface area (Å²) in [5.41, 5.74) is 12.7. The number of anilines is 1. The van der Waals surface area contributed by atoms with Gasteiger partial charge in [0.05, 0.1) is 49.5 Å². The number of aryl methyl sites for hydroxylation is 1. The molecule has 0 amide bonds. The molecule has 3 aromatic rings. The van der Waals surface area contributed by atoms with Crippen molar-refractivity contribution in [1.29, 1.82) is 0 Å². The molecule has 0 fully saturated rings. The average molecular weight is 495 g/mol. The monoisotopic (exact) mass is 494 g/mol. The zero-order valence-electron chi connectivity index (χ0n) is 20.2. The lowest BCUT2D eigenvalue weighted by Crippen LogP contribution is -2.32. The molecular formula is C25H27FN6O4. The summed E-state index contributed by atoms with van der Waals surface area (Å²) in [5.74, 6) is 0.283. The van der Waals surface area contributed by atoms with E-state index in [1.54, 1.807) is 24.3 Å². The molecule has 1 atom stereocenters. The molecule has 1 aliphatic heterocycles. The minimum absolute atomic E-state index is 0.152. The zero-order chi connectivity index (χ0) is 25.7. The van der Waals surface area contributed by atoms with Gasteiger partial charge < -0.3 is 15.2 Å². The second-order valence-corrected chi connectivity index (χ2v) is 8.11. The van der Waals surface area contributed by atoms with Crippen LogP contribution in [-0.4, -0.2) is 47.6 Å². The van der Waals surface area contributed by atoms with Crippen molar-refractivity contribution in [3.63, 3.8) is 0 Å². The van der Waals surface area contributed by atoms with E-state index in [-0.39, 0.29) is 24.9 Å². The van der Waals surface area contributed by atoms with E-state index in [4.69, 9.17) is 20.3 Å². The number of amidine groups is 1. The predicted molar refractivity (Wildman–Crippen MR) is 131 cm³/mol. The Morgan fingerprint density at radius 3 is 2.81 bits per heavy atom. The molecule has 0 spiro atoms. The van der Waals surface area contributed by atoms with Crippen LogP contribution in [0.15, 0.2) is 41.4 Å². The van der Waals surface area contributed by atoms with Gasteiger partial charge in [-0.1, -0.05) is 12.1 Å². The summed E-state index contributed by atoms with van der Waals surface area (Å²) < 4.78 is 24.2. The van der Waals surface area contributed by atoms with Gasteiger partial charge in [-0.3, -0.25) is 14.6 Å². The molecule has 1 aromatic carbocycles. The van der Waals surface area contributed by atoms with Crippen LogP contribution in [0.5, 0.6) is 5.88 Å². The van der Waals surface area contributed by atoms with Gasteiger partial charge >= 0.3 is 5.97 Å². The number of fused-ring (bicyclic) bond motifs is 1. The van der Waals surface area contributed by atoms with Crippen molar-refractivity contribution in [1.82, 2.24) is 20.4 Å². The van der Waals surface area contributed by atoms with Crippen LogP contribution < -0.4 is 16.0 Å². The number of carbonyl (C=O) groups is 1. The molecule has 3 N–H and O–H groups in total. The van der Waals surface area contributed by atoms with Gasteiger partial charge in [-0.15, -0.1) is 0 Å². The molecule has 0 saturated heterocycles. The first-order valence-corrected chi connectivity index (χ1v) is 11.4. The Hall–Kier alpha value is -4.12. The normalized spacial score (nSPS) is 14.6. The first kappa shape index (κ1) is 25.0. The lowest BCUT2D eigenvalue weighted by atomic mass is 9.91. The number of esters is 1. The second-order valence-electron chi connectivity index (χ2n) is 8.11. The maximum Gasteiger partial charge on any atom is 0.305 e. The Bertz CT molecular complexity index is 1300. The minimum atomic E-state index is -0.434. The van der Waals surface area contributed by atoms with Gasteiger partial charge in [-0.05, 0) is 37.1 Å². The van der Waals surface area contributed by atoms with Crippen LogP contribution in [0, 0.1) is 12.7 Å². The number of nitrogens with two attached hydrogens (primary N) is 1. The number of carbonyl (C=O) groups excluding carboxylic acids is 1. The molecule has 36 heavy (non-hydrogen) atoms. The Kier molecular flexibility index (Phi) is 7.69. The highest BCUT2D eigenvalue weighted by molar-refractivity contribution is 6.01. The summed E-state index contributed by atoms with van der Waals surface area (Å²) in [7, 11) is 2.87. The van der Waals surface area contributed by atoms with Crippen molar-refractivity contribution < 1.29 is 23.5 Å². The maximum absolute atomic E-state index is 14.3. The highest BCUT2D eigenvalue weighted by Gasteiger charge is 2.28. The van der Waals surface area contributed by atoms with Gasteiger partial charge in [0.2, 0.25) is 11.8 Å². The molecule has 0 radical (unpaired) electrons. The van der Waals surface area contributed by atoms with E-state index in [0.717, 1.165) is 5.56 Å². The van der Waals surface area contributed by atoms with Crippen LogP contribution in [0.2, 0.25) is 0 Å². The number of methoxy groups -OCH3 is 2. The number of hydrogen-bond donors (Lipinski definition) is 2. The van der Waals surface area contributed by atoms with Gasteiger partial charge in [0.25, 0.3) is 0 Å². The summed E-state index contributed by atoms with van der Waals surface area (Å²) in [6.45, 7) is 2.06. The average Bonchev–Trinajstić information content (AvgIpc) is 2.87. The highest BCUT2D eigenvalue weighted by atomic mass is 19.1. The number of aromatic nitrogens is 3. The van der Waals surface area contributed by atoms with Crippen LogP contribution in [0.3, 0.4) is 0 Å². The van der Waals surface area contributed by atoms with Crippen molar-refractivity contribution in [3.05, 3.63) is 64.7 Å². The summed E-state index contributed by atoms with van der Waals surface area (Å²) >= 11 is 0. The molecule has 0 bridgehead atoms. The molecule has 4 rings (SSSR count). The van der Waals surface area contributed by atoms with Crippen molar-refractivity contribution in [2.75, 3.05) is 26.6 Å². The fourth-order valence-corrected chi connectivity index (χ4v) is 4.05. The number of benzene rings is 1. The lowest BCUT2D eigenvalue weighted by Gasteiger charge is -2.26. The largest absolute Gasteiger partial charge is 0.481 e. The van der Waals surface area contributed by atoms with Crippen LogP contribution >= 0.6 is 0 Å². The van der Waals surface area contributed by atoms with E-state index < -0.39 is 11.9 Å². The van der Waals surface area contributed by atoms with Gasteiger partial charge in [0, 0.05) is 24.5 Å². The molecule has 11 heteroatoms. The Balaban J connectivity index is 1.69. The molecule has 0 saturated carbocycles. The number of nitrogen functional groups attached to an aromatic ring is 1. The second kappa shape index (κ2) is 11.1. The summed E-state index contributed by atoms with van der Waals surface area (Å²) in [5, 5.41) is 0. The van der Waals surface area contributed by atoms with E-state index in [1.165, 1.54) is 26.4 Å². The van der Waals surface area contributed by atoms with E-state index in [9.17, 15) is 9.18 Å². The smallest absolute Gasteiger partial charge is 0.305 e. The third-order valence-corrected chi connectivity index (χ3v) is 5.70. The molecule has 2 aromatic heterocycles. The van der Waals surface area contributed by atoms with Crippen molar-refractivity contribution in [2.45, 2.75) is 32.2 Å². The predicted octanol–water partition coefficient (Wildman–Crippen LogP) is 3.10. The van der Waals surface area contributed by atoms with Crippen molar-refractivity contribution >= 4 is 17.8 Å². The minimum Gasteiger partial charge on any atom is -0.481 e. The molecule has 10 nitrogen and oxygen atoms in total. The SMILES string of the molecule is COC(=O)CCCONC1=NC(c2ccc(F)cc2-c2cccc(OC)n2)Cc2nc(N)nc(C)c21. The molecule has 0 aliphatic carbocycles. The number of nitrogens with one attached hydrogen (secondary N) is 1. The fraction of sp³-hybridized carbons (Fsp3) is 0.320. The summed E-state index contributed by atoms with van der Waals surface area (Å²) in [4.78, 5) is 35.0. The molecule has 1 unspecified atom stereocenters. The first-order chi connectivity index (χ1) is 17.4. The van der Waals surface area contributed by atoms with Crippen LogP contribution in [0.1, 0.15) is 41.4 Å². The van der Waals surface area contributed by atoms with Gasteiger partial charge in [-0.2, -0.15) is 0 Å². The molecule has 1 aliphatic rings. The number of nitrogens with zero attached hydrogens (tertiary/aromatic N) is 4. The number of ether oxygens (including phenoxy) is 2. The third-order valence-electron chi connectivity index (χ3n) is 5.70. The number of aliphatic imine (C=N–C) groups is 1. The van der Waals surface area contributed by atoms with E-state index >= 15 is 0 Å². The van der Waals surface area contributed by atoms with Crippen molar-refractivity contribution in [3.8, 4) is 17.1 Å².